The molecule has 0 radical (unpaired) electrons. The van der Waals surface area contributed by atoms with E-state index < -0.39 is 0 Å². The first-order chi connectivity index (χ1) is 8.74. The highest BCUT2D eigenvalue weighted by molar-refractivity contribution is 7.80. The van der Waals surface area contributed by atoms with Gasteiger partial charge in [0.2, 0.25) is 0 Å². The van der Waals surface area contributed by atoms with Gasteiger partial charge in [0.25, 0.3) is 0 Å². The van der Waals surface area contributed by atoms with E-state index in [-0.39, 0.29) is 0 Å². The zero-order chi connectivity index (χ0) is 13.0. The van der Waals surface area contributed by atoms with Crippen molar-refractivity contribution < 1.29 is 0 Å². The van der Waals surface area contributed by atoms with Crippen LogP contribution in [0.2, 0.25) is 0 Å². The molecule has 0 spiro atoms. The Morgan fingerprint density at radius 1 is 1.22 bits per heavy atom. The summed E-state index contributed by atoms with van der Waals surface area (Å²) in [6.07, 6.45) is 8.54. The molecule has 1 heteroatoms. The van der Waals surface area contributed by atoms with Gasteiger partial charge in [-0.3, -0.25) is 0 Å². The Labute approximate surface area is 116 Å². The lowest BCUT2D eigenvalue weighted by atomic mass is 10.0. The maximum atomic E-state index is 4.43. The fourth-order valence-corrected chi connectivity index (χ4v) is 2.79. The summed E-state index contributed by atoms with van der Waals surface area (Å²) in [6, 6.07) is 8.50. The van der Waals surface area contributed by atoms with Gasteiger partial charge in [-0.2, -0.15) is 0 Å². The molecule has 0 aliphatic heterocycles. The van der Waals surface area contributed by atoms with Gasteiger partial charge in [-0.15, -0.1) is 12.6 Å². The molecule has 96 valence electrons. The van der Waals surface area contributed by atoms with Gasteiger partial charge < -0.3 is 0 Å². The van der Waals surface area contributed by atoms with Crippen LogP contribution >= 0.6 is 12.6 Å². The van der Waals surface area contributed by atoms with Gasteiger partial charge in [0, 0.05) is 4.90 Å². The minimum atomic E-state index is 1.05. The number of hydrogen-bond donors (Lipinski definition) is 1. The van der Waals surface area contributed by atoms with Gasteiger partial charge in [0.1, 0.15) is 0 Å². The Bertz CT molecular complexity index is 480. The van der Waals surface area contributed by atoms with Crippen LogP contribution in [0, 0.1) is 0 Å². The Morgan fingerprint density at radius 2 is 2.06 bits per heavy atom. The molecule has 0 fully saturated rings. The maximum absolute atomic E-state index is 4.43. The van der Waals surface area contributed by atoms with E-state index in [0.29, 0.717) is 0 Å². The standard InChI is InChI=1S/C17H22S/c1-3-5-7-14-11-16(10-13(14)4-2)15-8-6-9-17(18)12-15/h6,8-9,11-12,18H,3-5,7,10H2,1-2H3. The Kier molecular flexibility index (Phi) is 4.71. The number of rotatable bonds is 5. The molecule has 18 heavy (non-hydrogen) atoms. The zero-order valence-corrected chi connectivity index (χ0v) is 12.3. The van der Waals surface area contributed by atoms with Crippen molar-refractivity contribution in [1.29, 1.82) is 0 Å². The third-order valence-electron chi connectivity index (χ3n) is 3.65. The average molecular weight is 258 g/mol. The Morgan fingerprint density at radius 3 is 2.72 bits per heavy atom. The molecular formula is C17H22S. The summed E-state index contributed by atoms with van der Waals surface area (Å²) in [6.45, 7) is 4.53. The van der Waals surface area contributed by atoms with E-state index in [1.165, 1.54) is 36.8 Å². The second-order valence-corrected chi connectivity index (χ2v) is 5.50. The SMILES string of the molecule is CCCCC1=C(CC)CC(c2cccc(S)c2)=C1. The molecule has 2 rings (SSSR count). The first-order valence-corrected chi connectivity index (χ1v) is 7.40. The van der Waals surface area contributed by atoms with Gasteiger partial charge in [0.15, 0.2) is 0 Å². The first-order valence-electron chi connectivity index (χ1n) is 6.95. The van der Waals surface area contributed by atoms with Gasteiger partial charge in [-0.1, -0.05) is 44.1 Å². The largest absolute Gasteiger partial charge is 0.143 e. The fourth-order valence-electron chi connectivity index (χ4n) is 2.57. The predicted octanol–water partition coefficient (Wildman–Crippen LogP) is 5.66. The van der Waals surface area contributed by atoms with Crippen LogP contribution in [0.25, 0.3) is 5.57 Å². The molecule has 0 saturated carbocycles. The molecule has 0 saturated heterocycles. The van der Waals surface area contributed by atoms with Crippen molar-refractivity contribution in [3.63, 3.8) is 0 Å². The number of unbranched alkanes of at least 4 members (excludes halogenated alkanes) is 1. The monoisotopic (exact) mass is 258 g/mol. The summed E-state index contributed by atoms with van der Waals surface area (Å²) >= 11 is 4.43. The molecule has 0 amide bonds. The third-order valence-corrected chi connectivity index (χ3v) is 3.93. The van der Waals surface area contributed by atoms with Crippen LogP contribution in [-0.2, 0) is 0 Å². The second kappa shape index (κ2) is 6.29. The van der Waals surface area contributed by atoms with Crippen molar-refractivity contribution in [2.75, 3.05) is 0 Å². The lowest BCUT2D eigenvalue weighted by Gasteiger charge is -2.05. The quantitative estimate of drug-likeness (QED) is 0.647. The average Bonchev–Trinajstić information content (AvgIpc) is 2.79. The molecule has 0 heterocycles. The van der Waals surface area contributed by atoms with Crippen LogP contribution < -0.4 is 0 Å². The van der Waals surface area contributed by atoms with E-state index in [4.69, 9.17) is 0 Å². The van der Waals surface area contributed by atoms with E-state index in [0.717, 1.165) is 11.3 Å². The van der Waals surface area contributed by atoms with Crippen molar-refractivity contribution in [3.05, 3.63) is 47.1 Å². The minimum absolute atomic E-state index is 1.05. The molecule has 1 aromatic carbocycles. The summed E-state index contributed by atoms with van der Waals surface area (Å²) in [5, 5.41) is 0. The summed E-state index contributed by atoms with van der Waals surface area (Å²) < 4.78 is 0. The number of allylic oxidation sites excluding steroid dienone is 4. The maximum Gasteiger partial charge on any atom is 0.00460 e. The Hall–Kier alpha value is -0.950. The van der Waals surface area contributed by atoms with Crippen LogP contribution in [0.3, 0.4) is 0 Å². The van der Waals surface area contributed by atoms with Crippen molar-refractivity contribution in [3.8, 4) is 0 Å². The molecule has 0 N–H and O–H groups in total. The smallest absolute Gasteiger partial charge is 0.00460 e. The minimum Gasteiger partial charge on any atom is -0.143 e. The van der Waals surface area contributed by atoms with Crippen LogP contribution in [0.4, 0.5) is 0 Å². The van der Waals surface area contributed by atoms with E-state index in [1.54, 1.807) is 11.1 Å². The van der Waals surface area contributed by atoms with Crippen LogP contribution in [0.5, 0.6) is 0 Å². The zero-order valence-electron chi connectivity index (χ0n) is 11.4. The highest BCUT2D eigenvalue weighted by atomic mass is 32.1. The second-order valence-electron chi connectivity index (χ2n) is 4.98. The summed E-state index contributed by atoms with van der Waals surface area (Å²) in [5.74, 6) is 0. The van der Waals surface area contributed by atoms with Gasteiger partial charge >= 0.3 is 0 Å². The van der Waals surface area contributed by atoms with Gasteiger partial charge in [-0.25, -0.2) is 0 Å². The third kappa shape index (κ3) is 3.08. The normalized spacial score (nSPS) is 15.2. The fraction of sp³-hybridized carbons (Fsp3) is 0.412. The number of benzene rings is 1. The van der Waals surface area contributed by atoms with E-state index in [2.05, 4.69) is 50.8 Å². The van der Waals surface area contributed by atoms with Crippen molar-refractivity contribution in [2.45, 2.75) is 50.8 Å². The molecule has 1 aliphatic rings. The topological polar surface area (TPSA) is 0 Å². The number of hydrogen-bond acceptors (Lipinski definition) is 1. The predicted molar refractivity (Wildman–Crippen MR) is 83.1 cm³/mol. The van der Waals surface area contributed by atoms with Crippen molar-refractivity contribution in [2.24, 2.45) is 0 Å². The van der Waals surface area contributed by atoms with Gasteiger partial charge in [0.05, 0.1) is 0 Å². The van der Waals surface area contributed by atoms with E-state index >= 15 is 0 Å². The first kappa shape index (κ1) is 13.5. The summed E-state index contributed by atoms with van der Waals surface area (Å²) in [4.78, 5) is 1.05. The molecule has 0 atom stereocenters. The Balaban J connectivity index is 2.19. The van der Waals surface area contributed by atoms with E-state index in [9.17, 15) is 0 Å². The van der Waals surface area contributed by atoms with Crippen molar-refractivity contribution >= 4 is 18.2 Å². The molecule has 1 aliphatic carbocycles. The van der Waals surface area contributed by atoms with Crippen LogP contribution in [-0.4, -0.2) is 0 Å². The highest BCUT2D eigenvalue weighted by Gasteiger charge is 2.15. The summed E-state index contributed by atoms with van der Waals surface area (Å²) in [7, 11) is 0. The van der Waals surface area contributed by atoms with Crippen molar-refractivity contribution in [1.82, 2.24) is 0 Å². The lowest BCUT2D eigenvalue weighted by Crippen LogP contribution is -1.84. The highest BCUT2D eigenvalue weighted by Crippen LogP contribution is 2.36. The molecule has 0 bridgehead atoms. The molecule has 1 aromatic rings. The van der Waals surface area contributed by atoms with Gasteiger partial charge in [-0.05, 0) is 54.5 Å². The molecule has 0 nitrogen and oxygen atoms in total. The lowest BCUT2D eigenvalue weighted by molar-refractivity contribution is 0.789. The van der Waals surface area contributed by atoms with Crippen LogP contribution in [0.15, 0.2) is 46.4 Å². The molecule has 0 unspecified atom stereocenters. The van der Waals surface area contributed by atoms with Crippen LogP contribution in [0.1, 0.15) is 51.5 Å². The molecular weight excluding hydrogens is 236 g/mol. The molecule has 0 aromatic heterocycles. The summed E-state index contributed by atoms with van der Waals surface area (Å²) in [5.41, 5.74) is 6.01. The number of thiol groups is 1. The van der Waals surface area contributed by atoms with E-state index in [1.807, 2.05) is 6.07 Å².